The Bertz CT molecular complexity index is 277. The third-order valence-corrected chi connectivity index (χ3v) is 4.84. The number of rotatable bonds is 6. The number of likely N-dealkylation sites (tertiary alicyclic amines) is 1. The van der Waals surface area contributed by atoms with Crippen LogP contribution in [0.1, 0.15) is 32.1 Å². The molecule has 112 valence electrons. The Balaban J connectivity index is 1.98. The molecule has 2 unspecified atom stereocenters. The van der Waals surface area contributed by atoms with Gasteiger partial charge in [-0.25, -0.2) is 0 Å². The van der Waals surface area contributed by atoms with Crippen LogP contribution in [0.3, 0.4) is 0 Å². The SMILES string of the molecule is CNCC1(CN2CC(O)CC2CN(C)C)CCCC1. The van der Waals surface area contributed by atoms with E-state index in [1.54, 1.807) is 0 Å². The Hall–Kier alpha value is -0.160. The predicted molar refractivity (Wildman–Crippen MR) is 79.4 cm³/mol. The largest absolute Gasteiger partial charge is 0.392 e. The van der Waals surface area contributed by atoms with Crippen LogP contribution < -0.4 is 5.32 Å². The van der Waals surface area contributed by atoms with E-state index < -0.39 is 0 Å². The summed E-state index contributed by atoms with van der Waals surface area (Å²) >= 11 is 0. The number of hydrogen-bond donors (Lipinski definition) is 2. The molecule has 4 heteroatoms. The van der Waals surface area contributed by atoms with E-state index in [1.807, 2.05) is 0 Å². The van der Waals surface area contributed by atoms with E-state index in [0.717, 1.165) is 32.6 Å². The number of hydrogen-bond acceptors (Lipinski definition) is 4. The molecule has 2 fully saturated rings. The summed E-state index contributed by atoms with van der Waals surface area (Å²) in [4.78, 5) is 4.79. The lowest BCUT2D eigenvalue weighted by Crippen LogP contribution is -2.46. The van der Waals surface area contributed by atoms with Gasteiger partial charge in [-0.15, -0.1) is 0 Å². The molecule has 2 rings (SSSR count). The van der Waals surface area contributed by atoms with Gasteiger partial charge in [-0.3, -0.25) is 4.90 Å². The van der Waals surface area contributed by atoms with Crippen molar-refractivity contribution in [2.45, 2.75) is 44.2 Å². The highest BCUT2D eigenvalue weighted by atomic mass is 16.3. The molecular formula is C15H31N3O. The maximum atomic E-state index is 9.99. The first-order valence-corrected chi connectivity index (χ1v) is 7.76. The van der Waals surface area contributed by atoms with Crippen molar-refractivity contribution in [3.8, 4) is 0 Å². The molecule has 1 heterocycles. The third-order valence-electron chi connectivity index (χ3n) is 4.84. The zero-order valence-electron chi connectivity index (χ0n) is 12.9. The highest BCUT2D eigenvalue weighted by Gasteiger charge is 2.40. The standard InChI is InChI=1S/C15H31N3O/c1-16-11-15(6-4-5-7-15)12-18-10-14(19)8-13(18)9-17(2)3/h13-14,16,19H,4-12H2,1-3H3. The molecule has 2 aliphatic rings. The van der Waals surface area contributed by atoms with Gasteiger partial charge in [0.25, 0.3) is 0 Å². The fourth-order valence-electron chi connectivity index (χ4n) is 4.08. The van der Waals surface area contributed by atoms with Gasteiger partial charge in [0.15, 0.2) is 0 Å². The van der Waals surface area contributed by atoms with Crippen molar-refractivity contribution in [2.75, 3.05) is 47.3 Å². The topological polar surface area (TPSA) is 38.7 Å². The van der Waals surface area contributed by atoms with Crippen LogP contribution in [-0.4, -0.2) is 74.4 Å². The molecule has 0 aromatic heterocycles. The van der Waals surface area contributed by atoms with Crippen molar-refractivity contribution in [2.24, 2.45) is 5.41 Å². The number of nitrogens with one attached hydrogen (secondary N) is 1. The molecule has 1 saturated heterocycles. The highest BCUT2D eigenvalue weighted by molar-refractivity contribution is 4.94. The van der Waals surface area contributed by atoms with Gasteiger partial charge < -0.3 is 15.3 Å². The first-order chi connectivity index (χ1) is 9.04. The average Bonchev–Trinajstić information content (AvgIpc) is 2.88. The lowest BCUT2D eigenvalue weighted by molar-refractivity contribution is 0.115. The van der Waals surface area contributed by atoms with Crippen molar-refractivity contribution in [1.29, 1.82) is 0 Å². The number of β-amino-alcohol motifs (C(OH)–C–C–N with tert-alkyl or cyclic N) is 1. The van der Waals surface area contributed by atoms with Crippen molar-refractivity contribution in [1.82, 2.24) is 15.1 Å². The van der Waals surface area contributed by atoms with Gasteiger partial charge in [0.05, 0.1) is 6.10 Å². The summed E-state index contributed by atoms with van der Waals surface area (Å²) in [6, 6.07) is 0.527. The molecule has 1 aliphatic heterocycles. The second-order valence-electron chi connectivity index (χ2n) is 6.97. The van der Waals surface area contributed by atoms with Gasteiger partial charge >= 0.3 is 0 Å². The Kier molecular flexibility index (Phi) is 5.23. The van der Waals surface area contributed by atoms with Crippen molar-refractivity contribution in [3.63, 3.8) is 0 Å². The Morgan fingerprint density at radius 3 is 2.58 bits per heavy atom. The third kappa shape index (κ3) is 3.91. The van der Waals surface area contributed by atoms with E-state index in [4.69, 9.17) is 0 Å². The van der Waals surface area contributed by atoms with Gasteiger partial charge in [-0.2, -0.15) is 0 Å². The fraction of sp³-hybridized carbons (Fsp3) is 1.00. The lowest BCUT2D eigenvalue weighted by atomic mass is 9.85. The fourth-order valence-corrected chi connectivity index (χ4v) is 4.08. The van der Waals surface area contributed by atoms with Gasteiger partial charge in [0.2, 0.25) is 0 Å². The quantitative estimate of drug-likeness (QED) is 0.747. The van der Waals surface area contributed by atoms with E-state index >= 15 is 0 Å². The van der Waals surface area contributed by atoms with E-state index in [2.05, 4.69) is 36.3 Å². The summed E-state index contributed by atoms with van der Waals surface area (Å²) in [5.74, 6) is 0. The Morgan fingerprint density at radius 1 is 1.32 bits per heavy atom. The molecule has 0 aromatic rings. The summed E-state index contributed by atoms with van der Waals surface area (Å²) in [5, 5.41) is 13.4. The van der Waals surface area contributed by atoms with Crippen molar-refractivity contribution < 1.29 is 5.11 Å². The molecule has 0 bridgehead atoms. The predicted octanol–water partition coefficient (Wildman–Crippen LogP) is 0.763. The lowest BCUT2D eigenvalue weighted by Gasteiger charge is -2.37. The molecule has 19 heavy (non-hydrogen) atoms. The summed E-state index contributed by atoms with van der Waals surface area (Å²) in [5.41, 5.74) is 0.448. The molecule has 0 aromatic carbocycles. The molecule has 0 radical (unpaired) electrons. The average molecular weight is 269 g/mol. The second-order valence-corrected chi connectivity index (χ2v) is 6.97. The zero-order valence-corrected chi connectivity index (χ0v) is 12.9. The van der Waals surface area contributed by atoms with Crippen LogP contribution >= 0.6 is 0 Å². The van der Waals surface area contributed by atoms with E-state index in [1.165, 1.54) is 25.7 Å². The first-order valence-electron chi connectivity index (χ1n) is 7.76. The van der Waals surface area contributed by atoms with Crippen LogP contribution in [-0.2, 0) is 0 Å². The zero-order chi connectivity index (χ0) is 13.9. The molecule has 2 N–H and O–H groups in total. The van der Waals surface area contributed by atoms with Crippen LogP contribution in [0, 0.1) is 5.41 Å². The van der Waals surface area contributed by atoms with Crippen LogP contribution in [0.4, 0.5) is 0 Å². The second kappa shape index (κ2) is 6.53. The van der Waals surface area contributed by atoms with Crippen molar-refractivity contribution >= 4 is 0 Å². The molecule has 4 nitrogen and oxygen atoms in total. The summed E-state index contributed by atoms with van der Waals surface area (Å²) < 4.78 is 0. The van der Waals surface area contributed by atoms with Gasteiger partial charge in [0.1, 0.15) is 0 Å². The minimum Gasteiger partial charge on any atom is -0.392 e. The van der Waals surface area contributed by atoms with Crippen LogP contribution in [0.25, 0.3) is 0 Å². The van der Waals surface area contributed by atoms with Gasteiger partial charge in [-0.05, 0) is 45.8 Å². The summed E-state index contributed by atoms with van der Waals surface area (Å²) in [6.07, 6.45) is 6.24. The monoisotopic (exact) mass is 269 g/mol. The normalized spacial score (nSPS) is 31.4. The number of aliphatic hydroxyl groups is 1. The molecule has 2 atom stereocenters. The van der Waals surface area contributed by atoms with Gasteiger partial charge in [0, 0.05) is 32.2 Å². The number of nitrogens with zero attached hydrogens (tertiary/aromatic N) is 2. The molecule has 0 amide bonds. The Morgan fingerprint density at radius 2 is 2.00 bits per heavy atom. The number of aliphatic hydroxyl groups excluding tert-OH is 1. The molecular weight excluding hydrogens is 238 g/mol. The van der Waals surface area contributed by atoms with Crippen LogP contribution in [0.2, 0.25) is 0 Å². The van der Waals surface area contributed by atoms with Crippen LogP contribution in [0.15, 0.2) is 0 Å². The molecule has 1 saturated carbocycles. The van der Waals surface area contributed by atoms with Crippen molar-refractivity contribution in [3.05, 3.63) is 0 Å². The maximum Gasteiger partial charge on any atom is 0.0682 e. The van der Waals surface area contributed by atoms with E-state index in [9.17, 15) is 5.11 Å². The highest BCUT2D eigenvalue weighted by Crippen LogP contribution is 2.39. The van der Waals surface area contributed by atoms with Gasteiger partial charge in [-0.1, -0.05) is 12.8 Å². The first kappa shape index (κ1) is 15.2. The Labute approximate surface area is 118 Å². The molecule has 0 spiro atoms. The minimum absolute atomic E-state index is 0.127. The minimum atomic E-state index is -0.127. The van der Waals surface area contributed by atoms with E-state index in [0.29, 0.717) is 11.5 Å². The van der Waals surface area contributed by atoms with E-state index in [-0.39, 0.29) is 6.10 Å². The number of likely N-dealkylation sites (N-methyl/N-ethyl adjacent to an activating group) is 1. The molecule has 1 aliphatic carbocycles. The summed E-state index contributed by atoms with van der Waals surface area (Å²) in [7, 11) is 6.32. The van der Waals surface area contributed by atoms with Crippen LogP contribution in [0.5, 0.6) is 0 Å². The maximum absolute atomic E-state index is 9.99. The smallest absolute Gasteiger partial charge is 0.0682 e. The summed E-state index contributed by atoms with van der Waals surface area (Å²) in [6.45, 7) is 4.20.